The van der Waals surface area contributed by atoms with E-state index in [4.69, 9.17) is 9.15 Å². The molecule has 0 spiro atoms. The lowest BCUT2D eigenvalue weighted by Gasteiger charge is -2.10. The van der Waals surface area contributed by atoms with E-state index in [1.54, 1.807) is 4.40 Å². The summed E-state index contributed by atoms with van der Waals surface area (Å²) in [6.45, 7) is -0.171. The summed E-state index contributed by atoms with van der Waals surface area (Å²) in [4.78, 5) is 53.5. The Labute approximate surface area is 189 Å². The number of nitro benzene ring substituents is 1. The van der Waals surface area contributed by atoms with E-state index in [0.29, 0.717) is 16.2 Å². The van der Waals surface area contributed by atoms with E-state index in [2.05, 4.69) is 4.98 Å². The lowest BCUT2D eigenvalue weighted by Crippen LogP contribution is -2.19. The number of benzene rings is 1. The molecule has 11 nitrogen and oxygen atoms in total. The van der Waals surface area contributed by atoms with Crippen LogP contribution in [0, 0.1) is 10.1 Å². The predicted molar refractivity (Wildman–Crippen MR) is 118 cm³/mol. The van der Waals surface area contributed by atoms with Gasteiger partial charge in [-0.25, -0.2) is 9.78 Å². The average Bonchev–Trinajstić information content (AvgIpc) is 3.32. The molecule has 0 amide bonds. The van der Waals surface area contributed by atoms with Crippen LogP contribution in [0.4, 0.5) is 5.69 Å². The van der Waals surface area contributed by atoms with Crippen LogP contribution in [0.2, 0.25) is 0 Å². The zero-order chi connectivity index (χ0) is 23.1. The fraction of sp³-hybridized carbons (Fsp3) is 0.333. The molecular formula is C21H18N4O7S. The second kappa shape index (κ2) is 8.28. The summed E-state index contributed by atoms with van der Waals surface area (Å²) in [6.07, 6.45) is 3.84. The van der Waals surface area contributed by atoms with Gasteiger partial charge in [0.15, 0.2) is 10.5 Å². The lowest BCUT2D eigenvalue weighted by molar-refractivity contribution is -0.384. The fourth-order valence-electron chi connectivity index (χ4n) is 4.03. The Balaban J connectivity index is 1.26. The minimum atomic E-state index is -0.722. The molecule has 0 atom stereocenters. The minimum Gasteiger partial charge on any atom is -0.459 e. The second-order valence-corrected chi connectivity index (χ2v) is 8.78. The quantitative estimate of drug-likeness (QED) is 0.238. The third-order valence-electron chi connectivity index (χ3n) is 5.60. The van der Waals surface area contributed by atoms with Gasteiger partial charge < -0.3 is 9.15 Å². The number of fused-ring (bicyclic) bond motifs is 4. The number of nitrogens with zero attached hydrogens (tertiary/aromatic N) is 4. The highest BCUT2D eigenvalue weighted by Gasteiger charge is 2.19. The number of ether oxygens (including phenoxy) is 1. The number of hydrogen-bond donors (Lipinski definition) is 0. The van der Waals surface area contributed by atoms with E-state index >= 15 is 0 Å². The Morgan fingerprint density at radius 3 is 2.88 bits per heavy atom. The van der Waals surface area contributed by atoms with Crippen molar-refractivity contribution in [2.75, 3.05) is 0 Å². The largest absolute Gasteiger partial charge is 0.459 e. The van der Waals surface area contributed by atoms with E-state index in [0.717, 1.165) is 37.4 Å². The summed E-state index contributed by atoms with van der Waals surface area (Å²) in [5.41, 5.74) is 1.43. The zero-order valence-corrected chi connectivity index (χ0v) is 18.1. The van der Waals surface area contributed by atoms with Crippen LogP contribution in [-0.4, -0.2) is 24.8 Å². The first-order chi connectivity index (χ1) is 15.9. The Kier molecular flexibility index (Phi) is 5.29. The van der Waals surface area contributed by atoms with E-state index in [-0.39, 0.29) is 36.4 Å². The third kappa shape index (κ3) is 3.93. The van der Waals surface area contributed by atoms with E-state index in [1.807, 2.05) is 0 Å². The molecule has 12 heteroatoms. The molecule has 0 saturated heterocycles. The standard InChI is InChI=1S/C21H18N4O7S/c26-18-9-12(22-20-24(18)15-3-1-2-4-17(15)33-20)11-31-19(27)7-8-23-14-6-5-13(25(29)30)10-16(14)32-21(23)28/h5-6,9-10H,1-4,7-8,11H2. The van der Waals surface area contributed by atoms with Crippen molar-refractivity contribution in [1.29, 1.82) is 0 Å². The van der Waals surface area contributed by atoms with Crippen LogP contribution in [0.15, 0.2) is 38.3 Å². The second-order valence-electron chi connectivity index (χ2n) is 7.72. The van der Waals surface area contributed by atoms with Crippen molar-refractivity contribution in [1.82, 2.24) is 14.0 Å². The first-order valence-electron chi connectivity index (χ1n) is 10.4. The van der Waals surface area contributed by atoms with Crippen LogP contribution in [0.1, 0.15) is 35.5 Å². The van der Waals surface area contributed by atoms with E-state index < -0.39 is 16.6 Å². The van der Waals surface area contributed by atoms with Gasteiger partial charge in [0.25, 0.3) is 11.2 Å². The molecule has 0 fully saturated rings. The highest BCUT2D eigenvalue weighted by molar-refractivity contribution is 7.17. The van der Waals surface area contributed by atoms with E-state index in [1.165, 1.54) is 39.0 Å². The summed E-state index contributed by atoms with van der Waals surface area (Å²) in [5.74, 6) is -1.30. The predicted octanol–water partition coefficient (Wildman–Crippen LogP) is 2.58. The highest BCUT2D eigenvalue weighted by atomic mass is 32.1. The summed E-state index contributed by atoms with van der Waals surface area (Å²) in [5, 5.41) is 10.9. The molecule has 1 aromatic carbocycles. The highest BCUT2D eigenvalue weighted by Crippen LogP contribution is 2.28. The van der Waals surface area contributed by atoms with E-state index in [9.17, 15) is 24.5 Å². The Morgan fingerprint density at radius 1 is 1.24 bits per heavy atom. The molecule has 3 aromatic heterocycles. The molecular weight excluding hydrogens is 452 g/mol. The van der Waals surface area contributed by atoms with Crippen molar-refractivity contribution in [3.63, 3.8) is 0 Å². The molecule has 5 rings (SSSR count). The van der Waals surface area contributed by atoms with Gasteiger partial charge >= 0.3 is 11.7 Å². The molecule has 3 heterocycles. The van der Waals surface area contributed by atoms with Gasteiger partial charge in [-0.1, -0.05) is 0 Å². The number of nitro groups is 1. The summed E-state index contributed by atoms with van der Waals surface area (Å²) < 4.78 is 13.2. The maximum Gasteiger partial charge on any atom is 0.419 e. The first-order valence-corrected chi connectivity index (χ1v) is 11.2. The number of aryl methyl sites for hydroxylation is 3. The SMILES string of the molecule is O=C(CCn1c(=O)oc2cc([N+](=O)[O-])ccc21)OCc1cc(=O)n2c3c(sc2n1)CCCC3. The number of aromatic nitrogens is 3. The lowest BCUT2D eigenvalue weighted by atomic mass is 10.0. The average molecular weight is 470 g/mol. The Hall–Kier alpha value is -3.80. The van der Waals surface area contributed by atoms with Crippen LogP contribution < -0.4 is 11.3 Å². The normalized spacial score (nSPS) is 13.3. The molecule has 1 aliphatic carbocycles. The van der Waals surface area contributed by atoms with Gasteiger partial charge in [0.2, 0.25) is 0 Å². The van der Waals surface area contributed by atoms with Gasteiger partial charge in [-0.3, -0.25) is 28.7 Å². The number of esters is 1. The summed E-state index contributed by atoms with van der Waals surface area (Å²) in [6, 6.07) is 5.20. The topological polar surface area (TPSA) is 139 Å². The van der Waals surface area contributed by atoms with Gasteiger partial charge in [0.05, 0.1) is 28.6 Å². The summed E-state index contributed by atoms with van der Waals surface area (Å²) >= 11 is 1.50. The maximum absolute atomic E-state index is 12.6. The molecule has 0 aliphatic heterocycles. The molecule has 33 heavy (non-hydrogen) atoms. The van der Waals surface area contributed by atoms with Gasteiger partial charge in [-0.05, 0) is 31.7 Å². The number of oxazole rings is 1. The number of non-ortho nitro benzene ring substituents is 1. The first kappa shape index (κ1) is 21.1. The molecule has 0 saturated carbocycles. The van der Waals surface area contributed by atoms with Crippen molar-refractivity contribution in [3.05, 3.63) is 71.5 Å². The van der Waals surface area contributed by atoms with Gasteiger partial charge in [0.1, 0.15) is 6.61 Å². The molecule has 170 valence electrons. The van der Waals surface area contributed by atoms with Crippen LogP contribution >= 0.6 is 11.3 Å². The monoisotopic (exact) mass is 470 g/mol. The molecule has 0 N–H and O–H groups in total. The molecule has 0 unspecified atom stereocenters. The van der Waals surface area contributed by atoms with Crippen molar-refractivity contribution in [3.8, 4) is 0 Å². The van der Waals surface area contributed by atoms with Crippen LogP contribution in [0.25, 0.3) is 16.1 Å². The number of hydrogen-bond acceptors (Lipinski definition) is 9. The Morgan fingerprint density at radius 2 is 2.06 bits per heavy atom. The van der Waals surface area contributed by atoms with Crippen LogP contribution in [0.3, 0.4) is 0 Å². The van der Waals surface area contributed by atoms with Crippen LogP contribution in [0.5, 0.6) is 0 Å². The molecule has 4 aromatic rings. The van der Waals surface area contributed by atoms with Crippen molar-refractivity contribution in [2.45, 2.75) is 45.3 Å². The van der Waals surface area contributed by atoms with Crippen molar-refractivity contribution in [2.24, 2.45) is 0 Å². The molecule has 0 bridgehead atoms. The fourth-order valence-corrected chi connectivity index (χ4v) is 5.26. The smallest absolute Gasteiger partial charge is 0.419 e. The number of carbonyl (C=O) groups is 1. The van der Waals surface area contributed by atoms with Gasteiger partial charge in [0, 0.05) is 29.2 Å². The minimum absolute atomic E-state index is 0.0186. The summed E-state index contributed by atoms with van der Waals surface area (Å²) in [7, 11) is 0. The van der Waals surface area contributed by atoms with Gasteiger partial charge in [-0.15, -0.1) is 11.3 Å². The van der Waals surface area contributed by atoms with Gasteiger partial charge in [-0.2, -0.15) is 0 Å². The number of rotatable bonds is 6. The zero-order valence-electron chi connectivity index (χ0n) is 17.3. The number of thiazole rings is 1. The Bertz CT molecular complexity index is 1530. The maximum atomic E-state index is 12.6. The molecule has 0 radical (unpaired) electrons. The third-order valence-corrected chi connectivity index (χ3v) is 6.74. The molecule has 1 aliphatic rings. The van der Waals surface area contributed by atoms with Crippen LogP contribution in [-0.2, 0) is 35.5 Å². The van der Waals surface area contributed by atoms with Crippen molar-refractivity contribution < 1.29 is 18.9 Å². The number of carbonyl (C=O) groups excluding carboxylic acids is 1. The van der Waals surface area contributed by atoms with Crippen molar-refractivity contribution >= 4 is 39.1 Å².